The van der Waals surface area contributed by atoms with Gasteiger partial charge in [-0.15, -0.1) is 0 Å². The predicted molar refractivity (Wildman–Crippen MR) is 119 cm³/mol. The van der Waals surface area contributed by atoms with Crippen molar-refractivity contribution in [3.63, 3.8) is 0 Å². The van der Waals surface area contributed by atoms with E-state index in [1.54, 1.807) is 31.2 Å². The van der Waals surface area contributed by atoms with E-state index >= 15 is 0 Å². The van der Waals surface area contributed by atoms with Crippen molar-refractivity contribution in [2.75, 3.05) is 25.1 Å². The number of para-hydroxylation sites is 1. The standard InChI is InChI=1S/C24H27N3O5/c1-15(2)17-7-4-5-8-18(17)25-21(28)14-27-22(29)24(3,26-23(27)30)16-9-10-19-20(13-16)32-12-6-11-31-19/h4-5,7-10,13,15H,6,11-12,14H2,1-3H3,(H,25,28)(H,26,30). The highest BCUT2D eigenvalue weighted by atomic mass is 16.5. The van der Waals surface area contributed by atoms with Crippen LogP contribution in [0.25, 0.3) is 0 Å². The highest BCUT2D eigenvalue weighted by Gasteiger charge is 2.49. The molecule has 32 heavy (non-hydrogen) atoms. The third kappa shape index (κ3) is 4.00. The van der Waals surface area contributed by atoms with E-state index in [1.807, 2.05) is 32.0 Å². The fourth-order valence-corrected chi connectivity index (χ4v) is 3.96. The van der Waals surface area contributed by atoms with Gasteiger partial charge in [0.2, 0.25) is 5.91 Å². The Morgan fingerprint density at radius 1 is 1.12 bits per heavy atom. The summed E-state index contributed by atoms with van der Waals surface area (Å²) >= 11 is 0. The van der Waals surface area contributed by atoms with Crippen LogP contribution in [-0.4, -0.2) is 42.5 Å². The Kier molecular flexibility index (Phi) is 5.78. The first-order valence-corrected chi connectivity index (χ1v) is 10.7. The van der Waals surface area contributed by atoms with Crippen molar-refractivity contribution in [2.24, 2.45) is 0 Å². The smallest absolute Gasteiger partial charge is 0.325 e. The molecule has 8 heteroatoms. The third-order valence-corrected chi connectivity index (χ3v) is 5.76. The van der Waals surface area contributed by atoms with Crippen molar-refractivity contribution in [1.29, 1.82) is 0 Å². The van der Waals surface area contributed by atoms with Crippen LogP contribution in [0.4, 0.5) is 10.5 Å². The molecule has 1 unspecified atom stereocenters. The van der Waals surface area contributed by atoms with E-state index in [0.717, 1.165) is 16.9 Å². The number of carbonyl (C=O) groups is 3. The van der Waals surface area contributed by atoms with E-state index in [0.29, 0.717) is 36.0 Å². The summed E-state index contributed by atoms with van der Waals surface area (Å²) in [6, 6.07) is 12.0. The molecular formula is C24H27N3O5. The Morgan fingerprint density at radius 2 is 1.84 bits per heavy atom. The molecule has 2 aromatic carbocycles. The summed E-state index contributed by atoms with van der Waals surface area (Å²) < 4.78 is 11.4. The number of hydrogen-bond acceptors (Lipinski definition) is 5. The average molecular weight is 437 g/mol. The first-order chi connectivity index (χ1) is 15.3. The molecule has 4 rings (SSSR count). The van der Waals surface area contributed by atoms with Gasteiger partial charge < -0.3 is 20.1 Å². The van der Waals surface area contributed by atoms with E-state index in [9.17, 15) is 14.4 Å². The molecule has 0 saturated carbocycles. The molecule has 0 spiro atoms. The second kappa shape index (κ2) is 8.53. The number of rotatable bonds is 5. The fraction of sp³-hybridized carbons (Fsp3) is 0.375. The number of nitrogens with zero attached hydrogens (tertiary/aromatic N) is 1. The number of hydrogen-bond donors (Lipinski definition) is 2. The number of fused-ring (bicyclic) bond motifs is 1. The molecule has 1 atom stereocenters. The van der Waals surface area contributed by atoms with Gasteiger partial charge in [0.05, 0.1) is 13.2 Å². The minimum atomic E-state index is -1.31. The summed E-state index contributed by atoms with van der Waals surface area (Å²) in [7, 11) is 0. The maximum Gasteiger partial charge on any atom is 0.325 e. The number of anilines is 1. The highest BCUT2D eigenvalue weighted by molar-refractivity contribution is 6.10. The lowest BCUT2D eigenvalue weighted by molar-refractivity contribution is -0.133. The minimum Gasteiger partial charge on any atom is -0.490 e. The Hall–Kier alpha value is -3.55. The number of carbonyl (C=O) groups excluding carboxylic acids is 3. The molecule has 2 heterocycles. The maximum absolute atomic E-state index is 13.2. The lowest BCUT2D eigenvalue weighted by Crippen LogP contribution is -2.42. The van der Waals surface area contributed by atoms with Crippen LogP contribution in [-0.2, 0) is 15.1 Å². The van der Waals surface area contributed by atoms with Crippen molar-refractivity contribution < 1.29 is 23.9 Å². The van der Waals surface area contributed by atoms with E-state index < -0.39 is 23.4 Å². The number of nitrogens with one attached hydrogen (secondary N) is 2. The summed E-state index contributed by atoms with van der Waals surface area (Å²) in [6.07, 6.45) is 0.764. The Morgan fingerprint density at radius 3 is 2.59 bits per heavy atom. The topological polar surface area (TPSA) is 97.0 Å². The summed E-state index contributed by atoms with van der Waals surface area (Å²) in [6.45, 7) is 6.38. The van der Waals surface area contributed by atoms with E-state index in [4.69, 9.17) is 9.47 Å². The molecule has 8 nitrogen and oxygen atoms in total. The van der Waals surface area contributed by atoms with Gasteiger partial charge in [-0.2, -0.15) is 0 Å². The number of amides is 4. The van der Waals surface area contributed by atoms with Gasteiger partial charge in [-0.3, -0.25) is 14.5 Å². The first kappa shape index (κ1) is 21.7. The van der Waals surface area contributed by atoms with E-state index in [1.165, 1.54) is 0 Å². The quantitative estimate of drug-likeness (QED) is 0.699. The molecule has 0 bridgehead atoms. The second-order valence-electron chi connectivity index (χ2n) is 8.45. The first-order valence-electron chi connectivity index (χ1n) is 10.7. The molecular weight excluding hydrogens is 410 g/mol. The van der Waals surface area contributed by atoms with E-state index in [-0.39, 0.29) is 12.5 Å². The predicted octanol–water partition coefficient (Wildman–Crippen LogP) is 3.38. The van der Waals surface area contributed by atoms with Gasteiger partial charge in [0.25, 0.3) is 5.91 Å². The summed E-state index contributed by atoms with van der Waals surface area (Å²) in [5, 5.41) is 5.55. The van der Waals surface area contributed by atoms with Crippen LogP contribution in [0.3, 0.4) is 0 Å². The molecule has 4 amide bonds. The number of urea groups is 1. The monoisotopic (exact) mass is 437 g/mol. The van der Waals surface area contributed by atoms with Crippen LogP contribution in [0.15, 0.2) is 42.5 Å². The Balaban J connectivity index is 1.52. The van der Waals surface area contributed by atoms with Crippen molar-refractivity contribution >= 4 is 23.5 Å². The van der Waals surface area contributed by atoms with Crippen LogP contribution in [0.1, 0.15) is 44.2 Å². The summed E-state index contributed by atoms with van der Waals surface area (Å²) in [4.78, 5) is 39.5. The van der Waals surface area contributed by atoms with Crippen LogP contribution < -0.4 is 20.1 Å². The maximum atomic E-state index is 13.2. The highest BCUT2D eigenvalue weighted by Crippen LogP contribution is 2.36. The van der Waals surface area contributed by atoms with Gasteiger partial charge in [-0.25, -0.2) is 4.79 Å². The zero-order valence-electron chi connectivity index (χ0n) is 18.4. The van der Waals surface area contributed by atoms with Crippen molar-refractivity contribution in [3.8, 4) is 11.5 Å². The van der Waals surface area contributed by atoms with Crippen LogP contribution in [0.5, 0.6) is 11.5 Å². The van der Waals surface area contributed by atoms with Gasteiger partial charge in [-0.1, -0.05) is 38.1 Å². The number of imide groups is 1. The van der Waals surface area contributed by atoms with Gasteiger partial charge in [0, 0.05) is 12.1 Å². The fourth-order valence-electron chi connectivity index (χ4n) is 3.96. The normalized spacial score (nSPS) is 20.2. The molecule has 168 valence electrons. The largest absolute Gasteiger partial charge is 0.490 e. The molecule has 2 aromatic rings. The van der Waals surface area contributed by atoms with Crippen molar-refractivity contribution in [3.05, 3.63) is 53.6 Å². The molecule has 0 aliphatic carbocycles. The zero-order chi connectivity index (χ0) is 22.9. The molecule has 2 aliphatic heterocycles. The van der Waals surface area contributed by atoms with Crippen molar-refractivity contribution in [1.82, 2.24) is 10.2 Å². The Bertz CT molecular complexity index is 1070. The average Bonchev–Trinajstić information content (AvgIpc) is 2.93. The lowest BCUT2D eigenvalue weighted by Gasteiger charge is -2.23. The SMILES string of the molecule is CC(C)c1ccccc1NC(=O)CN1C(=O)NC(C)(c2ccc3c(c2)OCCCO3)C1=O. The molecule has 1 fully saturated rings. The summed E-state index contributed by atoms with van der Waals surface area (Å²) in [5.41, 5.74) is 0.909. The van der Waals surface area contributed by atoms with Crippen LogP contribution >= 0.6 is 0 Å². The minimum absolute atomic E-state index is 0.214. The molecule has 2 N–H and O–H groups in total. The number of benzene rings is 2. The van der Waals surface area contributed by atoms with Crippen LogP contribution in [0, 0.1) is 0 Å². The van der Waals surface area contributed by atoms with Crippen LogP contribution in [0.2, 0.25) is 0 Å². The Labute approximate surface area is 186 Å². The second-order valence-corrected chi connectivity index (χ2v) is 8.45. The molecule has 1 saturated heterocycles. The summed E-state index contributed by atoms with van der Waals surface area (Å²) in [5.74, 6) is 0.413. The van der Waals surface area contributed by atoms with Gasteiger partial charge in [0.15, 0.2) is 11.5 Å². The lowest BCUT2D eigenvalue weighted by atomic mass is 9.91. The molecule has 0 radical (unpaired) electrons. The van der Waals surface area contributed by atoms with Gasteiger partial charge >= 0.3 is 6.03 Å². The van der Waals surface area contributed by atoms with Crippen molar-refractivity contribution in [2.45, 2.75) is 38.6 Å². The van der Waals surface area contributed by atoms with E-state index in [2.05, 4.69) is 10.6 Å². The van der Waals surface area contributed by atoms with Gasteiger partial charge in [0.1, 0.15) is 12.1 Å². The third-order valence-electron chi connectivity index (χ3n) is 5.76. The van der Waals surface area contributed by atoms with Gasteiger partial charge in [-0.05, 0) is 42.2 Å². The number of ether oxygens (including phenoxy) is 2. The molecule has 0 aromatic heterocycles. The zero-order valence-corrected chi connectivity index (χ0v) is 18.4. The molecule has 2 aliphatic rings.